The molecule has 1 aliphatic rings. The van der Waals surface area contributed by atoms with Crippen LogP contribution in [0.3, 0.4) is 0 Å². The Morgan fingerprint density at radius 1 is 1.09 bits per heavy atom. The highest BCUT2D eigenvalue weighted by atomic mass is 32.1. The van der Waals surface area contributed by atoms with Crippen LogP contribution in [0.1, 0.15) is 29.2 Å². The van der Waals surface area contributed by atoms with Gasteiger partial charge in [-0.1, -0.05) is 29.6 Å². The van der Waals surface area contributed by atoms with Crippen LogP contribution in [0.25, 0.3) is 6.08 Å². The van der Waals surface area contributed by atoms with E-state index in [0.29, 0.717) is 0 Å². The monoisotopic (exact) mass is 323 g/mol. The Bertz CT molecular complexity index is 919. The van der Waals surface area contributed by atoms with Crippen molar-refractivity contribution in [3.05, 3.63) is 69.8 Å². The molecule has 0 fully saturated rings. The van der Waals surface area contributed by atoms with Crippen LogP contribution in [-0.4, -0.2) is 5.16 Å². The van der Waals surface area contributed by atoms with Crippen molar-refractivity contribution in [1.82, 2.24) is 0 Å². The minimum atomic E-state index is -0.764. The molecule has 0 heterocycles. The van der Waals surface area contributed by atoms with E-state index in [9.17, 15) is 8.78 Å². The maximum Gasteiger partial charge on any atom is 0.143 e. The van der Waals surface area contributed by atoms with Crippen LogP contribution >= 0.6 is 12.2 Å². The lowest BCUT2D eigenvalue weighted by Crippen LogP contribution is -1.90. The summed E-state index contributed by atoms with van der Waals surface area (Å²) in [6.45, 7) is 2.07. The van der Waals surface area contributed by atoms with Gasteiger partial charge >= 0.3 is 0 Å². The molecule has 2 aromatic carbocycles. The first kappa shape index (κ1) is 15.3. The fourth-order valence-electron chi connectivity index (χ4n) is 2.53. The SMILES string of the molecule is CC1=Cc2ccc(C#Cc3c(F)cc(N=C=S)cc3F)cc2C1. The van der Waals surface area contributed by atoms with Crippen LogP contribution in [-0.2, 0) is 6.42 Å². The highest BCUT2D eigenvalue weighted by molar-refractivity contribution is 7.78. The number of thiocarbonyl (C=S) groups is 1. The molecule has 0 bridgehead atoms. The van der Waals surface area contributed by atoms with Gasteiger partial charge in [-0.05, 0) is 48.8 Å². The first-order valence-electron chi connectivity index (χ1n) is 6.96. The number of nitrogens with zero attached hydrogens (tertiary/aromatic N) is 1. The van der Waals surface area contributed by atoms with E-state index < -0.39 is 11.6 Å². The summed E-state index contributed by atoms with van der Waals surface area (Å²) in [6, 6.07) is 7.95. The molecule has 0 unspecified atom stereocenters. The van der Waals surface area contributed by atoms with Crippen LogP contribution in [0.15, 0.2) is 40.9 Å². The number of hydrogen-bond acceptors (Lipinski definition) is 2. The topological polar surface area (TPSA) is 12.4 Å². The maximum atomic E-state index is 13.9. The van der Waals surface area contributed by atoms with Gasteiger partial charge in [0.15, 0.2) is 0 Å². The highest BCUT2D eigenvalue weighted by Crippen LogP contribution is 2.25. The lowest BCUT2D eigenvalue weighted by Gasteiger charge is -2.00. The van der Waals surface area contributed by atoms with E-state index in [2.05, 4.69) is 47.2 Å². The van der Waals surface area contributed by atoms with Gasteiger partial charge in [0, 0.05) is 17.7 Å². The van der Waals surface area contributed by atoms with Crippen LogP contribution in [0.2, 0.25) is 0 Å². The normalized spacial score (nSPS) is 11.9. The Morgan fingerprint density at radius 3 is 2.52 bits per heavy atom. The summed E-state index contributed by atoms with van der Waals surface area (Å²) in [7, 11) is 0. The fourth-order valence-corrected chi connectivity index (χ4v) is 2.63. The Balaban J connectivity index is 1.94. The number of isothiocyanates is 1. The summed E-state index contributed by atoms with van der Waals surface area (Å²) in [6.07, 6.45) is 3.01. The van der Waals surface area contributed by atoms with E-state index in [0.717, 1.165) is 24.1 Å². The number of fused-ring (bicyclic) bond motifs is 1. The van der Waals surface area contributed by atoms with E-state index in [1.165, 1.54) is 16.7 Å². The lowest BCUT2D eigenvalue weighted by molar-refractivity contribution is 0.578. The number of rotatable bonds is 1. The molecule has 0 aliphatic heterocycles. The zero-order valence-electron chi connectivity index (χ0n) is 12.3. The Kier molecular flexibility index (Phi) is 4.16. The Morgan fingerprint density at radius 2 is 1.83 bits per heavy atom. The van der Waals surface area contributed by atoms with Crippen molar-refractivity contribution in [1.29, 1.82) is 0 Å². The molecule has 0 aromatic heterocycles. The summed E-state index contributed by atoms with van der Waals surface area (Å²) < 4.78 is 27.9. The highest BCUT2D eigenvalue weighted by Gasteiger charge is 2.10. The molecule has 23 heavy (non-hydrogen) atoms. The largest absolute Gasteiger partial charge is 0.205 e. The maximum absolute atomic E-state index is 13.9. The number of benzene rings is 2. The first-order valence-corrected chi connectivity index (χ1v) is 7.36. The smallest absolute Gasteiger partial charge is 0.143 e. The molecule has 0 saturated carbocycles. The molecule has 112 valence electrons. The number of aliphatic imine (C=N–C) groups is 1. The van der Waals surface area contributed by atoms with Gasteiger partial charge < -0.3 is 0 Å². The average molecular weight is 323 g/mol. The molecular weight excluding hydrogens is 312 g/mol. The zero-order valence-corrected chi connectivity index (χ0v) is 13.1. The van der Waals surface area contributed by atoms with E-state index in [-0.39, 0.29) is 11.3 Å². The minimum Gasteiger partial charge on any atom is -0.205 e. The third-order valence-electron chi connectivity index (χ3n) is 3.55. The van der Waals surface area contributed by atoms with Gasteiger partial charge in [0.1, 0.15) is 11.6 Å². The summed E-state index contributed by atoms with van der Waals surface area (Å²) in [5, 5.41) is 2.08. The van der Waals surface area contributed by atoms with Crippen molar-refractivity contribution in [2.24, 2.45) is 4.99 Å². The third-order valence-corrected chi connectivity index (χ3v) is 3.64. The minimum absolute atomic E-state index is 0.0830. The van der Waals surface area contributed by atoms with Gasteiger partial charge in [-0.15, -0.1) is 0 Å². The summed E-state index contributed by atoms with van der Waals surface area (Å²) in [4.78, 5) is 3.56. The second-order valence-corrected chi connectivity index (χ2v) is 5.50. The molecule has 1 nitrogen and oxygen atoms in total. The summed E-state index contributed by atoms with van der Waals surface area (Å²) >= 11 is 4.42. The van der Waals surface area contributed by atoms with Gasteiger partial charge in [0.25, 0.3) is 0 Å². The molecule has 0 saturated heterocycles. The predicted molar refractivity (Wildman–Crippen MR) is 90.8 cm³/mol. The van der Waals surface area contributed by atoms with Crippen molar-refractivity contribution in [3.8, 4) is 11.8 Å². The van der Waals surface area contributed by atoms with Crippen LogP contribution in [0.4, 0.5) is 14.5 Å². The molecular formula is C19H11F2NS. The van der Waals surface area contributed by atoms with E-state index >= 15 is 0 Å². The Hall–Kier alpha value is -2.60. The molecule has 1 aliphatic carbocycles. The number of hydrogen-bond donors (Lipinski definition) is 0. The predicted octanol–water partition coefficient (Wildman–Crippen LogP) is 5.06. The van der Waals surface area contributed by atoms with Crippen LogP contribution < -0.4 is 0 Å². The first-order chi connectivity index (χ1) is 11.1. The zero-order chi connectivity index (χ0) is 16.4. The van der Waals surface area contributed by atoms with Gasteiger partial charge in [-0.25, -0.2) is 8.78 Å². The molecule has 4 heteroatoms. The molecule has 2 aromatic rings. The van der Waals surface area contributed by atoms with Crippen LogP contribution in [0, 0.1) is 23.5 Å². The van der Waals surface area contributed by atoms with Gasteiger partial charge in [0.2, 0.25) is 0 Å². The Labute approximate surface area is 138 Å². The van der Waals surface area contributed by atoms with E-state index in [1.54, 1.807) is 0 Å². The van der Waals surface area contributed by atoms with Gasteiger partial charge in [0.05, 0.1) is 16.4 Å². The molecule has 0 N–H and O–H groups in total. The van der Waals surface area contributed by atoms with Gasteiger partial charge in [-0.3, -0.25) is 0 Å². The standard InChI is InChI=1S/C19H11F2NS/c1-12-6-14-4-2-13(8-15(14)7-12)3-5-17-18(20)9-16(22-11-23)10-19(17)21/h2,4,6,8-10H,7H2,1H3. The quantitative estimate of drug-likeness (QED) is 0.406. The van der Waals surface area contributed by atoms with E-state index in [1.807, 2.05) is 18.2 Å². The second kappa shape index (κ2) is 6.26. The van der Waals surface area contributed by atoms with Gasteiger partial charge in [-0.2, -0.15) is 4.99 Å². The molecule has 3 rings (SSSR count). The molecule has 0 amide bonds. The molecule has 0 spiro atoms. The number of allylic oxidation sites excluding steroid dienone is 1. The average Bonchev–Trinajstić information content (AvgIpc) is 2.86. The second-order valence-electron chi connectivity index (χ2n) is 5.32. The van der Waals surface area contributed by atoms with Crippen molar-refractivity contribution >= 4 is 29.1 Å². The fraction of sp³-hybridized carbons (Fsp3) is 0.105. The summed E-state index contributed by atoms with van der Waals surface area (Å²) in [5.74, 6) is 3.86. The van der Waals surface area contributed by atoms with Crippen molar-refractivity contribution in [3.63, 3.8) is 0 Å². The van der Waals surface area contributed by atoms with Crippen molar-refractivity contribution in [2.75, 3.05) is 0 Å². The summed E-state index contributed by atoms with van der Waals surface area (Å²) in [5.41, 5.74) is 4.18. The van der Waals surface area contributed by atoms with Crippen molar-refractivity contribution in [2.45, 2.75) is 13.3 Å². The third kappa shape index (κ3) is 3.27. The van der Waals surface area contributed by atoms with E-state index in [4.69, 9.17) is 0 Å². The molecule has 0 radical (unpaired) electrons. The molecule has 0 atom stereocenters. The van der Waals surface area contributed by atoms with Crippen molar-refractivity contribution < 1.29 is 8.78 Å². The van der Waals surface area contributed by atoms with Crippen LogP contribution in [0.5, 0.6) is 0 Å². The number of halogens is 2. The lowest BCUT2D eigenvalue weighted by atomic mass is 10.1.